The maximum absolute atomic E-state index is 11.9. The van der Waals surface area contributed by atoms with E-state index in [1.165, 1.54) is 4.90 Å². The molecule has 1 amide bonds. The molecule has 1 N–H and O–H groups in total. The van der Waals surface area contributed by atoms with Gasteiger partial charge >= 0.3 is 5.97 Å². The zero-order valence-electron chi connectivity index (χ0n) is 12.7. The molecule has 1 heterocycles. The fraction of sp³-hybridized carbons (Fsp3) is 0.692. The van der Waals surface area contributed by atoms with E-state index in [4.69, 9.17) is 4.74 Å². The quantitative estimate of drug-likeness (QED) is 0.820. The van der Waals surface area contributed by atoms with E-state index >= 15 is 0 Å². The Balaban J connectivity index is 2.37. The summed E-state index contributed by atoms with van der Waals surface area (Å²) in [6, 6.07) is 0. The highest BCUT2D eigenvalue weighted by atomic mass is 16.6. The van der Waals surface area contributed by atoms with Crippen LogP contribution in [0.4, 0.5) is 0 Å². The Bertz CT molecular complexity index is 476. The highest BCUT2D eigenvalue weighted by Crippen LogP contribution is 2.10. The van der Waals surface area contributed by atoms with Crippen LogP contribution in [0.3, 0.4) is 0 Å². The van der Waals surface area contributed by atoms with Crippen molar-refractivity contribution in [1.29, 1.82) is 0 Å². The van der Waals surface area contributed by atoms with Gasteiger partial charge in [-0.1, -0.05) is 0 Å². The van der Waals surface area contributed by atoms with Crippen molar-refractivity contribution in [2.24, 2.45) is 0 Å². The highest BCUT2D eigenvalue weighted by Gasteiger charge is 2.18. The molecule has 7 nitrogen and oxygen atoms in total. The van der Waals surface area contributed by atoms with Gasteiger partial charge in [0.2, 0.25) is 5.91 Å². The summed E-state index contributed by atoms with van der Waals surface area (Å²) in [6.07, 6.45) is 0.197. The first kappa shape index (κ1) is 16.1. The van der Waals surface area contributed by atoms with Gasteiger partial charge in [-0.2, -0.15) is 5.10 Å². The van der Waals surface area contributed by atoms with Crippen molar-refractivity contribution in [3.05, 3.63) is 11.6 Å². The number of aromatic nitrogens is 3. The monoisotopic (exact) mass is 282 g/mol. The van der Waals surface area contributed by atoms with Crippen molar-refractivity contribution < 1.29 is 14.3 Å². The zero-order valence-corrected chi connectivity index (χ0v) is 12.7. The first-order valence-corrected chi connectivity index (χ1v) is 6.51. The number of nitrogens with one attached hydrogen (secondary N) is 1. The number of hydrogen-bond acceptors (Lipinski definition) is 5. The molecule has 0 aliphatic carbocycles. The summed E-state index contributed by atoms with van der Waals surface area (Å²) in [5, 5.41) is 6.68. The molecule has 0 spiro atoms. The molecule has 1 aromatic heterocycles. The van der Waals surface area contributed by atoms with Crippen molar-refractivity contribution in [3.63, 3.8) is 0 Å². The first-order chi connectivity index (χ1) is 9.17. The number of nitrogens with zero attached hydrogens (tertiary/aromatic N) is 3. The molecule has 0 bridgehead atoms. The molecule has 20 heavy (non-hydrogen) atoms. The van der Waals surface area contributed by atoms with Crippen LogP contribution in [0, 0.1) is 6.92 Å². The molecular formula is C13H22N4O3. The smallest absolute Gasteiger partial charge is 0.306 e. The van der Waals surface area contributed by atoms with Gasteiger partial charge in [0.05, 0.1) is 13.0 Å². The highest BCUT2D eigenvalue weighted by molar-refractivity contribution is 5.81. The molecule has 1 aromatic rings. The molecule has 0 aliphatic rings. The third kappa shape index (κ3) is 5.81. The van der Waals surface area contributed by atoms with E-state index in [1.54, 1.807) is 34.7 Å². The van der Waals surface area contributed by atoms with Crippen LogP contribution in [0.25, 0.3) is 0 Å². The third-order valence-electron chi connectivity index (χ3n) is 2.41. The summed E-state index contributed by atoms with van der Waals surface area (Å²) >= 11 is 0. The summed E-state index contributed by atoms with van der Waals surface area (Å²) < 4.78 is 5.15. The Morgan fingerprint density at radius 3 is 2.45 bits per heavy atom. The van der Waals surface area contributed by atoms with E-state index in [-0.39, 0.29) is 24.7 Å². The number of esters is 1. The Morgan fingerprint density at radius 2 is 1.95 bits per heavy atom. The van der Waals surface area contributed by atoms with Gasteiger partial charge in [-0.15, -0.1) is 0 Å². The molecule has 0 aliphatic heterocycles. The number of carbonyl (C=O) groups is 2. The number of carbonyl (C=O) groups excluding carboxylic acids is 2. The Kier molecular flexibility index (Phi) is 5.24. The summed E-state index contributed by atoms with van der Waals surface area (Å²) in [5.41, 5.74) is -0.525. The lowest BCUT2D eigenvalue weighted by molar-refractivity contribution is -0.156. The summed E-state index contributed by atoms with van der Waals surface area (Å²) in [6.45, 7) is 7.50. The lowest BCUT2D eigenvalue weighted by Crippen LogP contribution is -2.28. The van der Waals surface area contributed by atoms with Gasteiger partial charge in [-0.25, -0.2) is 4.98 Å². The summed E-state index contributed by atoms with van der Waals surface area (Å²) in [7, 11) is 1.66. The molecular weight excluding hydrogens is 260 g/mol. The van der Waals surface area contributed by atoms with Crippen LogP contribution < -0.4 is 0 Å². The Hall–Kier alpha value is -1.92. The van der Waals surface area contributed by atoms with Crippen LogP contribution in [0.1, 0.15) is 45.3 Å². The maximum Gasteiger partial charge on any atom is 0.306 e. The van der Waals surface area contributed by atoms with Gasteiger partial charge in [0.1, 0.15) is 11.4 Å². The first-order valence-electron chi connectivity index (χ1n) is 6.51. The van der Waals surface area contributed by atoms with Crippen molar-refractivity contribution in [1.82, 2.24) is 20.1 Å². The molecule has 0 fully saturated rings. The SMILES string of the molecule is Cc1nc(CN(C)C(=O)CCC(=O)OC(C)(C)C)n[nH]1. The number of aryl methyl sites for hydroxylation is 1. The number of rotatable bonds is 5. The van der Waals surface area contributed by atoms with Crippen LogP contribution in [0.15, 0.2) is 0 Å². The number of amides is 1. The number of H-pyrrole nitrogens is 1. The summed E-state index contributed by atoms with van der Waals surface area (Å²) in [4.78, 5) is 29.0. The van der Waals surface area contributed by atoms with Gasteiger partial charge in [-0.05, 0) is 27.7 Å². The van der Waals surface area contributed by atoms with E-state index in [0.717, 1.165) is 0 Å². The maximum atomic E-state index is 11.9. The fourth-order valence-electron chi connectivity index (χ4n) is 1.55. The number of aromatic amines is 1. The van der Waals surface area contributed by atoms with Crippen molar-refractivity contribution in [2.75, 3.05) is 7.05 Å². The number of ether oxygens (including phenoxy) is 1. The molecule has 112 valence electrons. The predicted octanol–water partition coefficient (Wildman–Crippen LogP) is 1.19. The Labute approximate surface area is 118 Å². The average molecular weight is 282 g/mol. The van der Waals surface area contributed by atoms with Crippen molar-refractivity contribution in [2.45, 2.75) is 52.7 Å². The normalized spacial score (nSPS) is 11.2. The summed E-state index contributed by atoms with van der Waals surface area (Å²) in [5.74, 6) is 0.747. The molecule has 1 rings (SSSR count). The van der Waals surface area contributed by atoms with E-state index in [0.29, 0.717) is 18.2 Å². The van der Waals surface area contributed by atoms with E-state index in [1.807, 2.05) is 0 Å². The predicted molar refractivity (Wildman–Crippen MR) is 72.7 cm³/mol. The van der Waals surface area contributed by atoms with Gasteiger partial charge in [0.25, 0.3) is 0 Å². The molecule has 0 atom stereocenters. The second kappa shape index (κ2) is 6.49. The zero-order chi connectivity index (χ0) is 15.3. The van der Waals surface area contributed by atoms with Crippen LogP contribution in [0.5, 0.6) is 0 Å². The fourth-order valence-corrected chi connectivity index (χ4v) is 1.55. The molecule has 0 radical (unpaired) electrons. The molecule has 0 saturated carbocycles. The molecule has 7 heteroatoms. The standard InChI is InChI=1S/C13H22N4O3/c1-9-14-10(16-15-9)8-17(5)11(18)6-7-12(19)20-13(2,3)4/h6-8H2,1-5H3,(H,14,15,16). The van der Waals surface area contributed by atoms with Crippen LogP contribution in [-0.2, 0) is 20.9 Å². The van der Waals surface area contributed by atoms with Crippen LogP contribution in [0.2, 0.25) is 0 Å². The van der Waals surface area contributed by atoms with Crippen LogP contribution in [-0.4, -0.2) is 44.6 Å². The molecule has 0 aromatic carbocycles. The average Bonchev–Trinajstić information content (AvgIpc) is 2.69. The van der Waals surface area contributed by atoms with Gasteiger partial charge < -0.3 is 9.64 Å². The van der Waals surface area contributed by atoms with Gasteiger partial charge in [0, 0.05) is 13.5 Å². The van der Waals surface area contributed by atoms with Gasteiger partial charge in [-0.3, -0.25) is 14.7 Å². The number of hydrogen-bond donors (Lipinski definition) is 1. The van der Waals surface area contributed by atoms with Crippen molar-refractivity contribution in [3.8, 4) is 0 Å². The topological polar surface area (TPSA) is 88.2 Å². The minimum absolute atomic E-state index is 0.0769. The minimum Gasteiger partial charge on any atom is -0.460 e. The molecule has 0 saturated heterocycles. The lowest BCUT2D eigenvalue weighted by Gasteiger charge is -2.20. The van der Waals surface area contributed by atoms with Crippen LogP contribution >= 0.6 is 0 Å². The largest absolute Gasteiger partial charge is 0.460 e. The third-order valence-corrected chi connectivity index (χ3v) is 2.41. The van der Waals surface area contributed by atoms with Crippen molar-refractivity contribution >= 4 is 11.9 Å². The second-order valence-corrected chi connectivity index (χ2v) is 5.67. The van der Waals surface area contributed by atoms with E-state index in [2.05, 4.69) is 15.2 Å². The second-order valence-electron chi connectivity index (χ2n) is 5.67. The van der Waals surface area contributed by atoms with E-state index in [9.17, 15) is 9.59 Å². The lowest BCUT2D eigenvalue weighted by atomic mass is 10.2. The minimum atomic E-state index is -0.525. The molecule has 0 unspecified atom stereocenters. The van der Waals surface area contributed by atoms with E-state index < -0.39 is 5.60 Å². The Morgan fingerprint density at radius 1 is 1.30 bits per heavy atom. The van der Waals surface area contributed by atoms with Gasteiger partial charge in [0.15, 0.2) is 5.82 Å².